The van der Waals surface area contributed by atoms with Gasteiger partial charge in [-0.15, -0.1) is 0 Å². The van der Waals surface area contributed by atoms with E-state index in [1.54, 1.807) is 6.92 Å². The van der Waals surface area contributed by atoms with E-state index in [1.165, 1.54) is 0 Å². The molecule has 2 aromatic rings. The zero-order valence-corrected chi connectivity index (χ0v) is 15.8. The lowest BCUT2D eigenvalue weighted by molar-refractivity contribution is -0.127. The molecule has 2 atom stereocenters. The minimum atomic E-state index is -0.437. The summed E-state index contributed by atoms with van der Waals surface area (Å²) >= 11 is 0. The summed E-state index contributed by atoms with van der Waals surface area (Å²) in [6.45, 7) is 7.60. The molecule has 138 valence electrons. The van der Waals surface area contributed by atoms with Crippen LogP contribution in [0.15, 0.2) is 42.5 Å². The highest BCUT2D eigenvalue weighted by molar-refractivity contribution is 5.96. The molecule has 2 rings (SSSR count). The second kappa shape index (κ2) is 8.63. The molecule has 26 heavy (non-hydrogen) atoms. The van der Waals surface area contributed by atoms with Gasteiger partial charge in [-0.3, -0.25) is 9.59 Å². The predicted molar refractivity (Wildman–Crippen MR) is 105 cm³/mol. The third-order valence-electron chi connectivity index (χ3n) is 4.50. The molecule has 0 aromatic heterocycles. The van der Waals surface area contributed by atoms with E-state index in [-0.39, 0.29) is 18.4 Å². The number of amides is 2. The molecule has 0 fully saturated rings. The molecule has 0 saturated heterocycles. The van der Waals surface area contributed by atoms with Gasteiger partial charge in [0.2, 0.25) is 11.8 Å². The fourth-order valence-corrected chi connectivity index (χ4v) is 3.02. The molecule has 5 nitrogen and oxygen atoms in total. The van der Waals surface area contributed by atoms with Gasteiger partial charge in [0.15, 0.2) is 0 Å². The number of aryl methyl sites for hydroxylation is 3. The first-order valence-electron chi connectivity index (χ1n) is 8.75. The highest BCUT2D eigenvalue weighted by Crippen LogP contribution is 2.22. The van der Waals surface area contributed by atoms with Crippen molar-refractivity contribution >= 4 is 17.5 Å². The highest BCUT2D eigenvalue weighted by Gasteiger charge is 2.22. The fourth-order valence-electron chi connectivity index (χ4n) is 3.02. The molecule has 0 saturated carbocycles. The number of anilines is 1. The van der Waals surface area contributed by atoms with E-state index < -0.39 is 12.0 Å². The Morgan fingerprint density at radius 3 is 2.19 bits per heavy atom. The predicted octanol–water partition coefficient (Wildman–Crippen LogP) is 3.00. The smallest absolute Gasteiger partial charge is 0.243 e. The van der Waals surface area contributed by atoms with Crippen LogP contribution in [0.1, 0.15) is 35.2 Å². The Hall–Kier alpha value is -2.66. The molecule has 2 amide bonds. The SMILES string of the molecule is Cc1cc(C)c(NC(=O)CNC(=O)C(C)C(N)c2ccccc2)c(C)c1. The van der Waals surface area contributed by atoms with Gasteiger partial charge in [0.25, 0.3) is 0 Å². The van der Waals surface area contributed by atoms with Crippen molar-refractivity contribution in [1.29, 1.82) is 0 Å². The molecule has 0 heterocycles. The summed E-state index contributed by atoms with van der Waals surface area (Å²) in [6, 6.07) is 13.1. The molecule has 4 N–H and O–H groups in total. The van der Waals surface area contributed by atoms with Gasteiger partial charge in [0.1, 0.15) is 0 Å². The summed E-state index contributed by atoms with van der Waals surface area (Å²) < 4.78 is 0. The average Bonchev–Trinajstić information content (AvgIpc) is 2.62. The molecule has 5 heteroatoms. The first kappa shape index (κ1) is 19.7. The van der Waals surface area contributed by atoms with E-state index in [9.17, 15) is 9.59 Å². The van der Waals surface area contributed by atoms with E-state index >= 15 is 0 Å². The Kier molecular flexibility index (Phi) is 6.52. The largest absolute Gasteiger partial charge is 0.347 e. The van der Waals surface area contributed by atoms with Crippen LogP contribution in [0.5, 0.6) is 0 Å². The Labute approximate surface area is 155 Å². The van der Waals surface area contributed by atoms with E-state index in [0.29, 0.717) is 0 Å². The van der Waals surface area contributed by atoms with Crippen molar-refractivity contribution in [2.75, 3.05) is 11.9 Å². The summed E-state index contributed by atoms with van der Waals surface area (Å²) in [7, 11) is 0. The molecular weight excluding hydrogens is 326 g/mol. The molecule has 0 aliphatic heterocycles. The van der Waals surface area contributed by atoms with Crippen molar-refractivity contribution in [3.05, 3.63) is 64.7 Å². The summed E-state index contributed by atoms with van der Waals surface area (Å²) in [5.41, 5.74) is 11.0. The summed E-state index contributed by atoms with van der Waals surface area (Å²) in [5.74, 6) is -0.934. The maximum Gasteiger partial charge on any atom is 0.243 e. The standard InChI is InChI=1S/C21H27N3O2/c1-13-10-14(2)20(15(3)11-13)24-18(25)12-23-21(26)16(4)19(22)17-8-6-5-7-9-17/h5-11,16,19H,12,22H2,1-4H3,(H,23,26)(H,24,25). The molecule has 0 aliphatic rings. The Morgan fingerprint density at radius 1 is 1.04 bits per heavy atom. The number of benzene rings is 2. The minimum absolute atomic E-state index is 0.0859. The zero-order chi connectivity index (χ0) is 19.3. The molecular formula is C21H27N3O2. The van der Waals surface area contributed by atoms with Gasteiger partial charge in [0.05, 0.1) is 12.5 Å². The van der Waals surface area contributed by atoms with Crippen LogP contribution in [-0.2, 0) is 9.59 Å². The lowest BCUT2D eigenvalue weighted by Crippen LogP contribution is -2.39. The van der Waals surface area contributed by atoms with Crippen molar-refractivity contribution < 1.29 is 9.59 Å². The van der Waals surface area contributed by atoms with Crippen molar-refractivity contribution in [2.45, 2.75) is 33.7 Å². The van der Waals surface area contributed by atoms with Gasteiger partial charge in [-0.25, -0.2) is 0 Å². The molecule has 0 radical (unpaired) electrons. The molecule has 2 unspecified atom stereocenters. The number of nitrogens with two attached hydrogens (primary N) is 1. The molecule has 0 spiro atoms. The van der Waals surface area contributed by atoms with Gasteiger partial charge < -0.3 is 16.4 Å². The van der Waals surface area contributed by atoms with Crippen LogP contribution in [-0.4, -0.2) is 18.4 Å². The van der Waals surface area contributed by atoms with Gasteiger partial charge in [0, 0.05) is 11.7 Å². The van der Waals surface area contributed by atoms with Gasteiger partial charge in [-0.1, -0.05) is 55.0 Å². The maximum atomic E-state index is 12.3. The van der Waals surface area contributed by atoms with Crippen molar-refractivity contribution in [1.82, 2.24) is 5.32 Å². The first-order valence-corrected chi connectivity index (χ1v) is 8.75. The molecule has 0 aliphatic carbocycles. The maximum absolute atomic E-state index is 12.3. The minimum Gasteiger partial charge on any atom is -0.347 e. The Balaban J connectivity index is 1.92. The number of hydrogen-bond donors (Lipinski definition) is 3. The second-order valence-electron chi connectivity index (χ2n) is 6.76. The van der Waals surface area contributed by atoms with Crippen LogP contribution >= 0.6 is 0 Å². The number of rotatable bonds is 6. The molecule has 0 bridgehead atoms. The van der Waals surface area contributed by atoms with Crippen LogP contribution in [0.3, 0.4) is 0 Å². The Morgan fingerprint density at radius 2 is 1.62 bits per heavy atom. The third kappa shape index (κ3) is 4.92. The topological polar surface area (TPSA) is 84.2 Å². The lowest BCUT2D eigenvalue weighted by Gasteiger charge is -2.20. The quantitative estimate of drug-likeness (QED) is 0.746. The first-order chi connectivity index (χ1) is 12.3. The zero-order valence-electron chi connectivity index (χ0n) is 15.8. The van der Waals surface area contributed by atoms with E-state index in [4.69, 9.17) is 5.73 Å². The highest BCUT2D eigenvalue weighted by atomic mass is 16.2. The molecule has 2 aromatic carbocycles. The number of nitrogens with one attached hydrogen (secondary N) is 2. The monoisotopic (exact) mass is 353 g/mol. The summed E-state index contributed by atoms with van der Waals surface area (Å²) in [6.07, 6.45) is 0. The van der Waals surface area contributed by atoms with Gasteiger partial charge in [-0.2, -0.15) is 0 Å². The number of carbonyl (C=O) groups excluding carboxylic acids is 2. The van der Waals surface area contributed by atoms with Crippen molar-refractivity contribution in [3.63, 3.8) is 0 Å². The van der Waals surface area contributed by atoms with Gasteiger partial charge >= 0.3 is 0 Å². The fraction of sp³-hybridized carbons (Fsp3) is 0.333. The van der Waals surface area contributed by atoms with Crippen LogP contribution < -0.4 is 16.4 Å². The van der Waals surface area contributed by atoms with Crippen LogP contribution in [0, 0.1) is 26.7 Å². The van der Waals surface area contributed by atoms with E-state index in [1.807, 2.05) is 63.2 Å². The lowest BCUT2D eigenvalue weighted by atomic mass is 9.95. The summed E-state index contributed by atoms with van der Waals surface area (Å²) in [5, 5.41) is 5.55. The third-order valence-corrected chi connectivity index (χ3v) is 4.50. The average molecular weight is 353 g/mol. The van der Waals surface area contributed by atoms with Crippen LogP contribution in [0.25, 0.3) is 0 Å². The second-order valence-corrected chi connectivity index (χ2v) is 6.76. The van der Waals surface area contributed by atoms with Crippen molar-refractivity contribution in [2.24, 2.45) is 11.7 Å². The van der Waals surface area contributed by atoms with E-state index in [0.717, 1.165) is 27.9 Å². The van der Waals surface area contributed by atoms with E-state index in [2.05, 4.69) is 10.6 Å². The van der Waals surface area contributed by atoms with Crippen molar-refractivity contribution in [3.8, 4) is 0 Å². The van der Waals surface area contributed by atoms with Crippen LogP contribution in [0.2, 0.25) is 0 Å². The van der Waals surface area contributed by atoms with Crippen LogP contribution in [0.4, 0.5) is 5.69 Å². The Bertz CT molecular complexity index is 764. The van der Waals surface area contributed by atoms with Gasteiger partial charge in [-0.05, 0) is 37.5 Å². The normalized spacial score (nSPS) is 13.0. The number of hydrogen-bond acceptors (Lipinski definition) is 3. The summed E-state index contributed by atoms with van der Waals surface area (Å²) in [4.78, 5) is 24.5. The number of carbonyl (C=O) groups is 2.